The van der Waals surface area contributed by atoms with Gasteiger partial charge in [0.1, 0.15) is 0 Å². The van der Waals surface area contributed by atoms with Crippen molar-refractivity contribution in [3.8, 4) is 22.3 Å². The predicted molar refractivity (Wildman–Crippen MR) is 191 cm³/mol. The van der Waals surface area contributed by atoms with Crippen molar-refractivity contribution in [2.45, 2.75) is 70.9 Å². The summed E-state index contributed by atoms with van der Waals surface area (Å²) in [5.74, 6) is 0. The minimum atomic E-state index is -4.86. The molecule has 6 rings (SSSR count). The van der Waals surface area contributed by atoms with Crippen LogP contribution in [0.4, 0.5) is 52.7 Å². The van der Waals surface area contributed by atoms with Crippen molar-refractivity contribution < 1.29 is 101 Å². The SMILES string of the molecule is CC[Si](=[Zr+2])CC.CCc1cc2c(-c3cc(C(F)(F)F)cc(C(F)(F)F)c3)cccc2[cH-]1.Cc1cc2c(-c3cc(C(F)(F)F)cc(C(F)(F)F)c3)cccc2[cH-]1.[Cl-].[Cl-]. The molecule has 306 valence electrons. The van der Waals surface area contributed by atoms with E-state index in [0.717, 1.165) is 52.6 Å². The minimum Gasteiger partial charge on any atom is -1.00 e. The van der Waals surface area contributed by atoms with Gasteiger partial charge in [0.15, 0.2) is 0 Å². The number of fused-ring (bicyclic) bond motifs is 2. The van der Waals surface area contributed by atoms with E-state index in [0.29, 0.717) is 21.9 Å². The molecule has 0 fully saturated rings. The van der Waals surface area contributed by atoms with E-state index in [9.17, 15) is 52.7 Å². The van der Waals surface area contributed by atoms with E-state index in [2.05, 4.69) is 13.8 Å². The van der Waals surface area contributed by atoms with Crippen molar-refractivity contribution in [2.75, 3.05) is 0 Å². The van der Waals surface area contributed by atoms with Gasteiger partial charge in [-0.3, -0.25) is 0 Å². The van der Waals surface area contributed by atoms with Gasteiger partial charge >= 0.3 is 79.4 Å². The van der Waals surface area contributed by atoms with E-state index < -0.39 is 47.0 Å². The molecule has 0 bridgehead atoms. The minimum absolute atomic E-state index is 0. The summed E-state index contributed by atoms with van der Waals surface area (Å²) < 4.78 is 156. The monoisotopic (exact) mass is 942 g/mol. The molecule has 0 radical (unpaired) electrons. The second-order valence-electron chi connectivity index (χ2n) is 12.8. The molecule has 0 amide bonds. The number of halogens is 14. The molecular formula is C41H34Cl2F12SiZr-2. The van der Waals surface area contributed by atoms with Crippen LogP contribution < -0.4 is 24.8 Å². The fourth-order valence-corrected chi connectivity index (χ4v) is 6.36. The summed E-state index contributed by atoms with van der Waals surface area (Å²) in [4.78, 5) is 0. The van der Waals surface area contributed by atoms with Crippen LogP contribution in [0.15, 0.2) is 97.1 Å². The van der Waals surface area contributed by atoms with Crippen LogP contribution in [0.1, 0.15) is 54.2 Å². The number of benzene rings is 4. The molecule has 0 aliphatic rings. The van der Waals surface area contributed by atoms with Gasteiger partial charge in [-0.25, -0.2) is 0 Å². The van der Waals surface area contributed by atoms with Crippen LogP contribution in [0.5, 0.6) is 0 Å². The Hall–Kier alpha value is -3.06. The van der Waals surface area contributed by atoms with Crippen LogP contribution in [0.2, 0.25) is 12.1 Å². The van der Waals surface area contributed by atoms with Gasteiger partial charge < -0.3 is 24.8 Å². The van der Waals surface area contributed by atoms with Gasteiger partial charge in [-0.2, -0.15) is 64.8 Å². The second-order valence-corrected chi connectivity index (χ2v) is 20.6. The Balaban J connectivity index is 0.000000334. The number of hydrogen-bond acceptors (Lipinski definition) is 0. The molecule has 0 spiro atoms. The first-order valence-electron chi connectivity index (χ1n) is 17.0. The standard InChI is InChI=1S/C19H13F6.C18H11F6.C4H10Si.2ClH.Zr/c1-2-11-6-12-4-3-5-16(17(12)7-11)13-8-14(18(20,21)22)10-15(9-13)19(23,24)25;1-10-5-11-3-2-4-15(16(11)6-10)12-7-13(17(19,20)21)9-14(8-12)18(22,23)24;1-3-5-4-2;;;/h3-10H,2H2,1H3;2-9H,1H3;3-4H2,1-2H3;2*1H;/q2*-1;;;;+2/p-2. The molecular weight excluding hydrogens is 911 g/mol. The van der Waals surface area contributed by atoms with Crippen molar-refractivity contribution in [2.24, 2.45) is 0 Å². The van der Waals surface area contributed by atoms with Crippen LogP contribution in [-0.4, -0.2) is 5.43 Å². The summed E-state index contributed by atoms with van der Waals surface area (Å²) in [7, 11) is 0. The van der Waals surface area contributed by atoms with Crippen molar-refractivity contribution in [3.05, 3.63) is 130 Å². The van der Waals surface area contributed by atoms with E-state index in [1.165, 1.54) is 24.2 Å². The zero-order valence-electron chi connectivity index (χ0n) is 30.7. The molecule has 0 atom stereocenters. The summed E-state index contributed by atoms with van der Waals surface area (Å²) in [6.07, 6.45) is -18.7. The summed E-state index contributed by atoms with van der Waals surface area (Å²) in [5, 5.41) is 2.84. The molecule has 57 heavy (non-hydrogen) atoms. The number of aryl methyl sites for hydroxylation is 2. The molecule has 6 aromatic carbocycles. The average molecular weight is 945 g/mol. The molecule has 0 saturated heterocycles. The maximum Gasteiger partial charge on any atom is 0.416 e. The van der Waals surface area contributed by atoms with Crippen LogP contribution in [0.3, 0.4) is 0 Å². The van der Waals surface area contributed by atoms with E-state index in [1.54, 1.807) is 59.7 Å². The maximum absolute atomic E-state index is 13.1. The van der Waals surface area contributed by atoms with Gasteiger partial charge in [0.05, 0.1) is 22.3 Å². The van der Waals surface area contributed by atoms with Gasteiger partial charge in [0, 0.05) is 0 Å². The Labute approximate surface area is 349 Å². The summed E-state index contributed by atoms with van der Waals surface area (Å²) >= 11 is 1.80. The molecule has 0 heterocycles. The molecule has 0 nitrogen and oxygen atoms in total. The Morgan fingerprint density at radius 2 is 0.860 bits per heavy atom. The molecule has 0 N–H and O–H groups in total. The van der Waals surface area contributed by atoms with Crippen LogP contribution in [0.25, 0.3) is 43.8 Å². The molecule has 0 unspecified atom stereocenters. The molecule has 16 heteroatoms. The number of rotatable bonds is 5. The summed E-state index contributed by atoms with van der Waals surface area (Å²) in [6.45, 7) is 8.34. The third-order valence-electron chi connectivity index (χ3n) is 8.76. The van der Waals surface area contributed by atoms with Crippen LogP contribution in [0, 0.1) is 6.92 Å². The van der Waals surface area contributed by atoms with Crippen LogP contribution in [-0.2, 0) is 54.5 Å². The molecule has 0 aromatic heterocycles. The average Bonchev–Trinajstić information content (AvgIpc) is 3.72. The van der Waals surface area contributed by atoms with E-state index in [1.807, 2.05) is 26.0 Å². The van der Waals surface area contributed by atoms with Crippen LogP contribution >= 0.6 is 0 Å². The van der Waals surface area contributed by atoms with Crippen molar-refractivity contribution in [3.63, 3.8) is 0 Å². The van der Waals surface area contributed by atoms with Crippen molar-refractivity contribution >= 4 is 27.0 Å². The third-order valence-corrected chi connectivity index (χ3v) is 15.7. The Kier molecular flexibility index (Phi) is 17.4. The smallest absolute Gasteiger partial charge is 0.416 e. The summed E-state index contributed by atoms with van der Waals surface area (Å²) in [6, 6.07) is 23.4. The first kappa shape index (κ1) is 50.1. The van der Waals surface area contributed by atoms with Gasteiger partial charge in [0.2, 0.25) is 0 Å². The zero-order valence-corrected chi connectivity index (χ0v) is 35.6. The van der Waals surface area contributed by atoms with Crippen molar-refractivity contribution in [1.82, 2.24) is 0 Å². The van der Waals surface area contributed by atoms with Gasteiger partial charge in [-0.1, -0.05) is 37.1 Å². The maximum atomic E-state index is 13.1. The molecule has 0 aliphatic carbocycles. The first-order valence-corrected chi connectivity index (χ1v) is 22.6. The van der Waals surface area contributed by atoms with Crippen molar-refractivity contribution in [1.29, 1.82) is 0 Å². The molecule has 6 aromatic rings. The van der Waals surface area contributed by atoms with Gasteiger partial charge in [0.25, 0.3) is 0 Å². The van der Waals surface area contributed by atoms with E-state index in [-0.39, 0.29) is 53.5 Å². The topological polar surface area (TPSA) is 0 Å². The fraction of sp³-hybridized carbons (Fsp3) is 0.268. The molecule has 0 saturated carbocycles. The predicted octanol–water partition coefficient (Wildman–Crippen LogP) is 8.97. The number of hydrogen-bond donors (Lipinski definition) is 0. The van der Waals surface area contributed by atoms with Gasteiger partial charge in [-0.15, -0.1) is 69.1 Å². The summed E-state index contributed by atoms with van der Waals surface area (Å²) in [5.41, 5.74) is -2.65. The van der Waals surface area contributed by atoms with E-state index in [4.69, 9.17) is 0 Å². The Morgan fingerprint density at radius 1 is 0.509 bits per heavy atom. The number of alkyl halides is 12. The largest absolute Gasteiger partial charge is 1.00 e. The van der Waals surface area contributed by atoms with Gasteiger partial charge in [-0.05, 0) is 53.9 Å². The van der Waals surface area contributed by atoms with E-state index >= 15 is 0 Å². The molecule has 0 aliphatic heterocycles. The third kappa shape index (κ3) is 13.0. The normalized spacial score (nSPS) is 11.9. The Bertz CT molecular complexity index is 2210. The zero-order chi connectivity index (χ0) is 41.1. The Morgan fingerprint density at radius 3 is 1.18 bits per heavy atom. The second kappa shape index (κ2) is 19.8. The fourth-order valence-electron chi connectivity index (χ4n) is 5.86. The first-order chi connectivity index (χ1) is 25.5. The quantitative estimate of drug-likeness (QED) is 0.0921.